The number of alkyl halides is 3. The SMILES string of the molecule is CN(CCNC(=O)[C@H]1SCCc2ccccc21)CC(F)(F)F. The highest BCUT2D eigenvalue weighted by molar-refractivity contribution is 8.00. The minimum Gasteiger partial charge on any atom is -0.354 e. The highest BCUT2D eigenvalue weighted by atomic mass is 32.2. The minimum atomic E-state index is -4.21. The largest absolute Gasteiger partial charge is 0.401 e. The van der Waals surface area contributed by atoms with Crippen molar-refractivity contribution in [3.63, 3.8) is 0 Å². The van der Waals surface area contributed by atoms with Gasteiger partial charge in [0.15, 0.2) is 0 Å². The van der Waals surface area contributed by atoms with E-state index in [1.807, 2.05) is 24.3 Å². The first-order valence-electron chi connectivity index (χ1n) is 7.09. The smallest absolute Gasteiger partial charge is 0.354 e. The number of halogens is 3. The molecular weight excluding hydrogens is 313 g/mol. The fourth-order valence-corrected chi connectivity index (χ4v) is 3.68. The quantitative estimate of drug-likeness (QED) is 0.900. The van der Waals surface area contributed by atoms with Crippen molar-refractivity contribution in [2.45, 2.75) is 17.8 Å². The van der Waals surface area contributed by atoms with Crippen molar-refractivity contribution in [1.82, 2.24) is 10.2 Å². The molecule has 0 bridgehead atoms. The zero-order valence-corrected chi connectivity index (χ0v) is 13.1. The van der Waals surface area contributed by atoms with Gasteiger partial charge < -0.3 is 5.32 Å². The van der Waals surface area contributed by atoms with Gasteiger partial charge in [-0.2, -0.15) is 13.2 Å². The third-order valence-electron chi connectivity index (χ3n) is 3.47. The van der Waals surface area contributed by atoms with Crippen LogP contribution in [0.1, 0.15) is 16.4 Å². The van der Waals surface area contributed by atoms with Crippen LogP contribution in [0.3, 0.4) is 0 Å². The van der Waals surface area contributed by atoms with Crippen LogP contribution in [-0.4, -0.2) is 49.4 Å². The molecule has 0 fully saturated rings. The molecule has 0 aromatic heterocycles. The van der Waals surface area contributed by atoms with Crippen molar-refractivity contribution in [2.24, 2.45) is 0 Å². The number of carbonyl (C=O) groups is 1. The van der Waals surface area contributed by atoms with Crippen molar-refractivity contribution in [2.75, 3.05) is 32.4 Å². The number of likely N-dealkylation sites (N-methyl/N-ethyl adjacent to an activating group) is 1. The standard InChI is InChI=1S/C15H19F3N2OS/c1-20(10-15(16,17)18)8-7-19-14(21)13-12-5-3-2-4-11(12)6-9-22-13/h2-5,13H,6-10H2,1H3,(H,19,21)/t13-/m0/s1. The van der Waals surface area contributed by atoms with Crippen LogP contribution in [-0.2, 0) is 11.2 Å². The van der Waals surface area contributed by atoms with Gasteiger partial charge in [-0.05, 0) is 30.3 Å². The molecule has 0 unspecified atom stereocenters. The van der Waals surface area contributed by atoms with E-state index in [1.165, 1.54) is 12.6 Å². The lowest BCUT2D eigenvalue weighted by molar-refractivity contribution is -0.142. The average Bonchev–Trinajstić information content (AvgIpc) is 2.44. The summed E-state index contributed by atoms with van der Waals surface area (Å²) in [6.45, 7) is -0.585. The zero-order valence-electron chi connectivity index (χ0n) is 12.3. The molecule has 2 rings (SSSR count). The summed E-state index contributed by atoms with van der Waals surface area (Å²) in [5.41, 5.74) is 2.19. The van der Waals surface area contributed by atoms with Crippen molar-refractivity contribution >= 4 is 17.7 Å². The van der Waals surface area contributed by atoms with E-state index >= 15 is 0 Å². The first-order valence-corrected chi connectivity index (χ1v) is 8.14. The minimum absolute atomic E-state index is 0.127. The molecule has 1 aromatic rings. The summed E-state index contributed by atoms with van der Waals surface area (Å²) < 4.78 is 36.6. The lowest BCUT2D eigenvalue weighted by atomic mass is 10.0. The Labute approximate surface area is 132 Å². The lowest BCUT2D eigenvalue weighted by Gasteiger charge is -2.25. The molecule has 1 N–H and O–H groups in total. The van der Waals surface area contributed by atoms with Crippen LogP contribution in [0.4, 0.5) is 13.2 Å². The molecule has 1 aliphatic rings. The molecule has 122 valence electrons. The van der Waals surface area contributed by atoms with Crippen molar-refractivity contribution < 1.29 is 18.0 Å². The summed E-state index contributed by atoms with van der Waals surface area (Å²) in [5, 5.41) is 2.48. The molecule has 1 amide bonds. The molecular formula is C15H19F3N2OS. The maximum atomic E-state index is 12.3. The number of thioether (sulfide) groups is 1. The van der Waals surface area contributed by atoms with Gasteiger partial charge >= 0.3 is 6.18 Å². The number of fused-ring (bicyclic) bond motifs is 1. The zero-order chi connectivity index (χ0) is 16.2. The number of hydrogen-bond acceptors (Lipinski definition) is 3. The lowest BCUT2D eigenvalue weighted by Crippen LogP contribution is -2.39. The van der Waals surface area contributed by atoms with Crippen molar-refractivity contribution in [3.05, 3.63) is 35.4 Å². The number of benzene rings is 1. The van der Waals surface area contributed by atoms with E-state index in [-0.39, 0.29) is 24.2 Å². The van der Waals surface area contributed by atoms with Gasteiger partial charge in [-0.3, -0.25) is 9.69 Å². The summed E-state index contributed by atoms with van der Waals surface area (Å²) in [6, 6.07) is 7.83. The number of aryl methyl sites for hydroxylation is 1. The van der Waals surface area contributed by atoms with Crippen molar-refractivity contribution in [1.29, 1.82) is 0 Å². The molecule has 1 aliphatic heterocycles. The third kappa shape index (κ3) is 4.91. The molecule has 0 spiro atoms. The molecule has 0 radical (unpaired) electrons. The molecule has 3 nitrogen and oxygen atoms in total. The number of rotatable bonds is 5. The Morgan fingerprint density at radius 2 is 2.14 bits per heavy atom. The van der Waals surface area contributed by atoms with E-state index in [1.54, 1.807) is 11.8 Å². The van der Waals surface area contributed by atoms with Crippen LogP contribution in [0, 0.1) is 0 Å². The summed E-state index contributed by atoms with van der Waals surface area (Å²) in [5.74, 6) is 0.751. The van der Waals surface area contributed by atoms with Gasteiger partial charge in [-0.1, -0.05) is 24.3 Å². The van der Waals surface area contributed by atoms with E-state index < -0.39 is 12.7 Å². The van der Waals surface area contributed by atoms with Gasteiger partial charge in [0, 0.05) is 13.1 Å². The van der Waals surface area contributed by atoms with Gasteiger partial charge in [0.2, 0.25) is 5.91 Å². The number of amides is 1. The summed E-state index contributed by atoms with van der Waals surface area (Å²) in [6.07, 6.45) is -3.27. The Morgan fingerprint density at radius 1 is 1.41 bits per heavy atom. The number of carbonyl (C=O) groups excluding carboxylic acids is 1. The van der Waals surface area contributed by atoms with E-state index in [9.17, 15) is 18.0 Å². The second-order valence-electron chi connectivity index (χ2n) is 5.34. The van der Waals surface area contributed by atoms with Crippen LogP contribution < -0.4 is 5.32 Å². The van der Waals surface area contributed by atoms with Crippen molar-refractivity contribution in [3.8, 4) is 0 Å². The van der Waals surface area contributed by atoms with Crippen LogP contribution in [0.25, 0.3) is 0 Å². The predicted octanol–water partition coefficient (Wildman–Crippen LogP) is 2.63. The first-order chi connectivity index (χ1) is 10.4. The second kappa shape index (κ2) is 7.37. The van der Waals surface area contributed by atoms with E-state index in [4.69, 9.17) is 0 Å². The van der Waals surface area contributed by atoms with Gasteiger partial charge in [0.1, 0.15) is 5.25 Å². The summed E-state index contributed by atoms with van der Waals surface area (Å²) >= 11 is 1.58. The van der Waals surface area contributed by atoms with Crippen LogP contribution in [0.5, 0.6) is 0 Å². The summed E-state index contributed by atoms with van der Waals surface area (Å²) in [4.78, 5) is 13.4. The maximum Gasteiger partial charge on any atom is 0.401 e. The fourth-order valence-electron chi connectivity index (χ4n) is 2.46. The van der Waals surface area contributed by atoms with Gasteiger partial charge in [-0.25, -0.2) is 0 Å². The molecule has 22 heavy (non-hydrogen) atoms. The maximum absolute atomic E-state index is 12.3. The number of nitrogens with zero attached hydrogens (tertiary/aromatic N) is 1. The van der Waals surface area contributed by atoms with E-state index in [0.29, 0.717) is 0 Å². The third-order valence-corrected chi connectivity index (χ3v) is 4.71. The molecule has 1 heterocycles. The second-order valence-corrected chi connectivity index (χ2v) is 6.56. The Morgan fingerprint density at radius 3 is 2.86 bits per heavy atom. The van der Waals surface area contributed by atoms with E-state index in [2.05, 4.69) is 5.32 Å². The molecule has 0 saturated carbocycles. The van der Waals surface area contributed by atoms with Gasteiger partial charge in [0.05, 0.1) is 6.54 Å². The molecule has 0 saturated heterocycles. The number of hydrogen-bond donors (Lipinski definition) is 1. The van der Waals surface area contributed by atoms with Crippen LogP contribution >= 0.6 is 11.8 Å². The Bertz CT molecular complexity index is 522. The first kappa shape index (κ1) is 17.1. The van der Waals surface area contributed by atoms with Crippen LogP contribution in [0.15, 0.2) is 24.3 Å². The Kier molecular flexibility index (Phi) is 5.74. The monoisotopic (exact) mass is 332 g/mol. The molecule has 1 aromatic carbocycles. The van der Waals surface area contributed by atoms with Crippen LogP contribution in [0.2, 0.25) is 0 Å². The average molecular weight is 332 g/mol. The Hall–Kier alpha value is -1.21. The highest BCUT2D eigenvalue weighted by Crippen LogP contribution is 2.36. The van der Waals surface area contributed by atoms with Gasteiger partial charge in [0.25, 0.3) is 0 Å². The summed E-state index contributed by atoms with van der Waals surface area (Å²) in [7, 11) is 1.39. The molecule has 7 heteroatoms. The molecule has 0 aliphatic carbocycles. The highest BCUT2D eigenvalue weighted by Gasteiger charge is 2.29. The predicted molar refractivity (Wildman–Crippen MR) is 81.9 cm³/mol. The normalized spacial score (nSPS) is 18.1. The van der Waals surface area contributed by atoms with E-state index in [0.717, 1.165) is 22.6 Å². The number of nitrogens with one attached hydrogen (secondary N) is 1. The Balaban J connectivity index is 1.84. The fraction of sp³-hybridized carbons (Fsp3) is 0.533. The molecule has 1 atom stereocenters. The topological polar surface area (TPSA) is 32.3 Å². The van der Waals surface area contributed by atoms with Gasteiger partial charge in [-0.15, -0.1) is 11.8 Å².